The number of ether oxygens (including phenoxy) is 1. The number of halogens is 2. The quantitative estimate of drug-likeness (QED) is 0.172. The van der Waals surface area contributed by atoms with Crippen LogP contribution in [-0.2, 0) is 4.79 Å². The number of allylic oxidation sites excluding steroid dienone is 1. The summed E-state index contributed by atoms with van der Waals surface area (Å²) in [6.07, 6.45) is 6.34. The zero-order valence-corrected chi connectivity index (χ0v) is 25.1. The molecular formula is C33H26F2N6O4S. The molecule has 13 heteroatoms. The molecule has 0 bridgehead atoms. The lowest BCUT2D eigenvalue weighted by molar-refractivity contribution is -0.128. The van der Waals surface area contributed by atoms with Crippen molar-refractivity contribution >= 4 is 56.5 Å². The van der Waals surface area contributed by atoms with Gasteiger partial charge in [0.15, 0.2) is 11.6 Å². The van der Waals surface area contributed by atoms with Crippen LogP contribution in [0.15, 0.2) is 66.4 Å². The van der Waals surface area contributed by atoms with Gasteiger partial charge in [-0.25, -0.2) is 18.6 Å². The molecule has 2 fully saturated rings. The van der Waals surface area contributed by atoms with Crippen LogP contribution in [0.1, 0.15) is 35.4 Å². The Bertz CT molecular complexity index is 1950. The number of thiophene rings is 1. The Morgan fingerprint density at radius 2 is 1.87 bits per heavy atom. The molecule has 1 aliphatic carbocycles. The summed E-state index contributed by atoms with van der Waals surface area (Å²) < 4.78 is 36.5. The smallest absolute Gasteiger partial charge is 0.331 e. The van der Waals surface area contributed by atoms with Gasteiger partial charge in [0.05, 0.1) is 16.8 Å². The number of nitrogens with one attached hydrogen (secondary N) is 2. The minimum absolute atomic E-state index is 0.0804. The van der Waals surface area contributed by atoms with Gasteiger partial charge in [-0.3, -0.25) is 14.5 Å². The zero-order valence-electron chi connectivity index (χ0n) is 24.3. The minimum atomic E-state index is -1.02. The number of likely N-dealkylation sites (tertiary alicyclic amines) is 1. The van der Waals surface area contributed by atoms with Crippen LogP contribution < -0.4 is 20.3 Å². The van der Waals surface area contributed by atoms with Crippen molar-refractivity contribution in [2.45, 2.75) is 31.7 Å². The number of anilines is 3. The van der Waals surface area contributed by atoms with Crippen LogP contribution >= 0.6 is 11.3 Å². The lowest BCUT2D eigenvalue weighted by Gasteiger charge is -2.33. The van der Waals surface area contributed by atoms with E-state index in [0.29, 0.717) is 35.4 Å². The third-order valence-corrected chi connectivity index (χ3v) is 9.16. The number of hydrogen-bond donors (Lipinski definition) is 2. The summed E-state index contributed by atoms with van der Waals surface area (Å²) in [6.45, 7) is 0.718. The number of benzene rings is 2. The Morgan fingerprint density at radius 3 is 2.59 bits per heavy atom. The number of rotatable bonds is 7. The zero-order chi connectivity index (χ0) is 31.9. The summed E-state index contributed by atoms with van der Waals surface area (Å²) in [4.78, 5) is 47.4. The van der Waals surface area contributed by atoms with Crippen molar-refractivity contribution in [3.05, 3.63) is 82.9 Å². The fourth-order valence-corrected chi connectivity index (χ4v) is 6.78. The molecule has 0 radical (unpaired) electrons. The van der Waals surface area contributed by atoms with E-state index in [2.05, 4.69) is 15.6 Å². The number of amides is 4. The molecule has 2 aromatic heterocycles. The molecule has 1 saturated heterocycles. The maximum absolute atomic E-state index is 15.5. The number of pyridine rings is 1. The van der Waals surface area contributed by atoms with E-state index >= 15 is 8.78 Å². The van der Waals surface area contributed by atoms with E-state index in [1.165, 1.54) is 12.3 Å². The number of aromatic nitrogens is 1. The molecule has 4 aromatic rings. The van der Waals surface area contributed by atoms with Gasteiger partial charge in [0, 0.05) is 37.5 Å². The Balaban J connectivity index is 1.14. The second kappa shape index (κ2) is 11.9. The second-order valence-corrected chi connectivity index (χ2v) is 12.3. The molecule has 2 N–H and O–H groups in total. The SMILES string of the molecule is N#CC(=CC1CC1)C(=O)N1CCCC(NC(=O)c2sc3nccc4c3c2NC(=O)N4c2c(F)cc(Oc3ccccc3)cc2F)C1. The van der Waals surface area contributed by atoms with Gasteiger partial charge in [0.25, 0.3) is 11.8 Å². The van der Waals surface area contributed by atoms with Gasteiger partial charge < -0.3 is 20.3 Å². The normalized spacial score (nSPS) is 17.8. The van der Waals surface area contributed by atoms with E-state index in [-0.39, 0.29) is 52.0 Å². The van der Waals surface area contributed by atoms with Gasteiger partial charge in [0.1, 0.15) is 38.5 Å². The summed E-state index contributed by atoms with van der Waals surface area (Å²) in [5.41, 5.74) is -0.128. The standard InChI is InChI=1S/C33H26F2N6O4S/c34-23-14-22(45-21-6-2-1-3-7-21)15-24(35)28(23)41-25-10-11-37-31-26(25)27(39-33(41)44)29(46-31)30(42)38-20-5-4-12-40(17-20)32(43)19(16-36)13-18-8-9-18/h1-3,6-7,10-11,13-15,18,20H,4-5,8-9,12,17H2,(H,38,42)(H,39,44). The molecule has 3 aliphatic rings. The number of carbonyl (C=O) groups is 3. The molecule has 0 spiro atoms. The first kappa shape index (κ1) is 29.4. The number of nitriles is 1. The van der Waals surface area contributed by atoms with Crippen LogP contribution in [0.2, 0.25) is 0 Å². The number of nitrogens with zero attached hydrogens (tertiary/aromatic N) is 4. The fourth-order valence-electron chi connectivity index (χ4n) is 5.76. The average Bonchev–Trinajstić information content (AvgIpc) is 3.80. The number of urea groups is 1. The summed E-state index contributed by atoms with van der Waals surface area (Å²) in [5, 5.41) is 15.5. The highest BCUT2D eigenvalue weighted by atomic mass is 32.1. The van der Waals surface area contributed by atoms with Crippen LogP contribution in [0, 0.1) is 28.9 Å². The van der Waals surface area contributed by atoms with Gasteiger partial charge in [-0.15, -0.1) is 11.3 Å². The largest absolute Gasteiger partial charge is 0.457 e. The molecule has 46 heavy (non-hydrogen) atoms. The van der Waals surface area contributed by atoms with E-state index in [9.17, 15) is 19.6 Å². The first-order valence-corrected chi connectivity index (χ1v) is 15.6. The Labute approximate surface area is 265 Å². The van der Waals surface area contributed by atoms with Gasteiger partial charge in [-0.05, 0) is 49.8 Å². The van der Waals surface area contributed by atoms with Crippen LogP contribution in [-0.4, -0.2) is 46.9 Å². The van der Waals surface area contributed by atoms with Crippen molar-refractivity contribution in [3.8, 4) is 17.6 Å². The molecular weight excluding hydrogens is 614 g/mol. The molecule has 232 valence electrons. The van der Waals surface area contributed by atoms with Gasteiger partial charge in [0.2, 0.25) is 0 Å². The first-order valence-electron chi connectivity index (χ1n) is 14.8. The summed E-state index contributed by atoms with van der Waals surface area (Å²) in [6, 6.07) is 12.7. The van der Waals surface area contributed by atoms with Crippen LogP contribution in [0.3, 0.4) is 0 Å². The summed E-state index contributed by atoms with van der Waals surface area (Å²) >= 11 is 1.04. The van der Waals surface area contributed by atoms with Crippen molar-refractivity contribution in [1.29, 1.82) is 5.26 Å². The van der Waals surface area contributed by atoms with Gasteiger partial charge in [-0.1, -0.05) is 24.3 Å². The summed E-state index contributed by atoms with van der Waals surface area (Å²) in [5.74, 6) is -2.29. The van der Waals surface area contributed by atoms with Crippen molar-refractivity contribution < 1.29 is 27.9 Å². The molecule has 1 saturated carbocycles. The predicted molar refractivity (Wildman–Crippen MR) is 167 cm³/mol. The van der Waals surface area contributed by atoms with Crippen molar-refractivity contribution in [3.63, 3.8) is 0 Å². The Hall–Kier alpha value is -5.35. The average molecular weight is 641 g/mol. The Morgan fingerprint density at radius 1 is 1.11 bits per heavy atom. The monoisotopic (exact) mass is 640 g/mol. The highest BCUT2D eigenvalue weighted by molar-refractivity contribution is 7.21. The van der Waals surface area contributed by atoms with Crippen molar-refractivity contribution in [1.82, 2.24) is 15.2 Å². The molecule has 2 aliphatic heterocycles. The van der Waals surface area contributed by atoms with E-state index in [4.69, 9.17) is 4.74 Å². The Kier molecular flexibility index (Phi) is 7.58. The van der Waals surface area contributed by atoms with Crippen molar-refractivity contribution in [2.24, 2.45) is 5.92 Å². The lowest BCUT2D eigenvalue weighted by atomic mass is 10.0. The maximum Gasteiger partial charge on any atom is 0.331 e. The lowest BCUT2D eigenvalue weighted by Crippen LogP contribution is -2.50. The fraction of sp³-hybridized carbons (Fsp3) is 0.242. The number of piperidine rings is 1. The van der Waals surface area contributed by atoms with Crippen LogP contribution in [0.5, 0.6) is 11.5 Å². The van der Waals surface area contributed by atoms with E-state index in [0.717, 1.165) is 41.2 Å². The maximum atomic E-state index is 15.5. The molecule has 7 rings (SSSR count). The molecule has 1 unspecified atom stereocenters. The van der Waals surface area contributed by atoms with E-state index in [1.54, 1.807) is 41.3 Å². The van der Waals surface area contributed by atoms with Gasteiger partial charge >= 0.3 is 6.03 Å². The number of para-hydroxylation sites is 1. The predicted octanol–water partition coefficient (Wildman–Crippen LogP) is 6.63. The molecule has 4 heterocycles. The third-order valence-electron chi connectivity index (χ3n) is 8.06. The highest BCUT2D eigenvalue weighted by Gasteiger charge is 2.36. The molecule has 10 nitrogen and oxygen atoms in total. The second-order valence-electron chi connectivity index (χ2n) is 11.3. The van der Waals surface area contributed by atoms with Crippen LogP contribution in [0.25, 0.3) is 10.2 Å². The third kappa shape index (κ3) is 5.52. The molecule has 1 atom stereocenters. The summed E-state index contributed by atoms with van der Waals surface area (Å²) in [7, 11) is 0. The van der Waals surface area contributed by atoms with Gasteiger partial charge in [-0.2, -0.15) is 5.26 Å². The topological polar surface area (TPSA) is 128 Å². The number of hydrogen-bond acceptors (Lipinski definition) is 7. The molecule has 2 aromatic carbocycles. The van der Waals surface area contributed by atoms with E-state index < -0.39 is 29.3 Å². The molecule has 4 amide bonds. The minimum Gasteiger partial charge on any atom is -0.457 e. The van der Waals surface area contributed by atoms with Crippen molar-refractivity contribution in [2.75, 3.05) is 23.3 Å². The first-order chi connectivity index (χ1) is 22.3. The van der Waals surface area contributed by atoms with E-state index in [1.807, 2.05) is 6.07 Å². The number of carbonyl (C=O) groups excluding carboxylic acids is 3. The highest BCUT2D eigenvalue weighted by Crippen LogP contribution is 2.47. The van der Waals surface area contributed by atoms with Crippen LogP contribution in [0.4, 0.5) is 30.6 Å².